The normalized spacial score (nSPS) is 36.6. The largest absolute Gasteiger partial charge is 0.306 e. The smallest absolute Gasteiger partial charge is 0.256 e. The molecule has 0 spiro atoms. The van der Waals surface area contributed by atoms with Crippen LogP contribution >= 0.6 is 0 Å². The van der Waals surface area contributed by atoms with Crippen molar-refractivity contribution in [2.45, 2.75) is 52.5 Å². The standard InChI is InChI=1S/C11H21F2N/c1-5-14-11(9(12)13)7-10(3,4)6-8(11)2/h8-9,14H,5-7H2,1-4H3. The van der Waals surface area contributed by atoms with Gasteiger partial charge in [0, 0.05) is 0 Å². The third-order valence-corrected chi connectivity index (χ3v) is 3.40. The second-order valence-electron chi connectivity index (χ2n) is 5.32. The Balaban J connectivity index is 2.88. The molecule has 0 saturated heterocycles. The van der Waals surface area contributed by atoms with Crippen LogP contribution in [-0.4, -0.2) is 18.5 Å². The number of alkyl halides is 2. The van der Waals surface area contributed by atoms with E-state index in [9.17, 15) is 8.78 Å². The van der Waals surface area contributed by atoms with Gasteiger partial charge in [-0.3, -0.25) is 0 Å². The van der Waals surface area contributed by atoms with Gasteiger partial charge in [-0.2, -0.15) is 0 Å². The van der Waals surface area contributed by atoms with Gasteiger partial charge < -0.3 is 5.32 Å². The van der Waals surface area contributed by atoms with Gasteiger partial charge in [0.1, 0.15) is 0 Å². The Hall–Kier alpha value is -0.180. The molecule has 3 heteroatoms. The summed E-state index contributed by atoms with van der Waals surface area (Å²) >= 11 is 0. The Labute approximate surface area is 85.3 Å². The maximum absolute atomic E-state index is 13.1. The Morgan fingerprint density at radius 1 is 1.43 bits per heavy atom. The minimum Gasteiger partial charge on any atom is -0.306 e. The maximum atomic E-state index is 13.1. The van der Waals surface area contributed by atoms with Crippen molar-refractivity contribution in [3.05, 3.63) is 0 Å². The van der Waals surface area contributed by atoms with E-state index in [4.69, 9.17) is 0 Å². The molecule has 1 aliphatic carbocycles. The molecule has 0 radical (unpaired) electrons. The van der Waals surface area contributed by atoms with Gasteiger partial charge in [0.2, 0.25) is 0 Å². The number of rotatable bonds is 3. The molecule has 1 rings (SSSR count). The quantitative estimate of drug-likeness (QED) is 0.746. The van der Waals surface area contributed by atoms with Crippen molar-refractivity contribution < 1.29 is 8.78 Å². The van der Waals surface area contributed by atoms with Gasteiger partial charge in [0.25, 0.3) is 6.43 Å². The molecule has 0 aromatic rings. The van der Waals surface area contributed by atoms with Crippen molar-refractivity contribution in [3.63, 3.8) is 0 Å². The number of hydrogen-bond donors (Lipinski definition) is 1. The van der Waals surface area contributed by atoms with Crippen LogP contribution in [0.15, 0.2) is 0 Å². The van der Waals surface area contributed by atoms with Crippen LogP contribution in [0.1, 0.15) is 40.5 Å². The van der Waals surface area contributed by atoms with Gasteiger partial charge in [-0.25, -0.2) is 8.78 Å². The molecule has 0 aromatic carbocycles. The summed E-state index contributed by atoms with van der Waals surface area (Å²) in [6.45, 7) is 8.59. The fourth-order valence-electron chi connectivity index (χ4n) is 2.98. The summed E-state index contributed by atoms with van der Waals surface area (Å²) in [5, 5.41) is 3.01. The first-order valence-corrected chi connectivity index (χ1v) is 5.37. The highest BCUT2D eigenvalue weighted by Gasteiger charge is 2.53. The van der Waals surface area contributed by atoms with E-state index in [1.807, 2.05) is 13.8 Å². The molecule has 0 aromatic heterocycles. The topological polar surface area (TPSA) is 12.0 Å². The third kappa shape index (κ3) is 1.92. The predicted molar refractivity (Wildman–Crippen MR) is 54.6 cm³/mol. The van der Waals surface area contributed by atoms with E-state index in [1.54, 1.807) is 0 Å². The van der Waals surface area contributed by atoms with E-state index in [2.05, 4.69) is 19.2 Å². The van der Waals surface area contributed by atoms with E-state index >= 15 is 0 Å². The lowest BCUT2D eigenvalue weighted by Gasteiger charge is -2.34. The van der Waals surface area contributed by atoms with Gasteiger partial charge in [-0.05, 0) is 30.7 Å². The molecule has 0 amide bonds. The lowest BCUT2D eigenvalue weighted by Crippen LogP contribution is -2.53. The van der Waals surface area contributed by atoms with E-state index < -0.39 is 12.0 Å². The predicted octanol–water partition coefficient (Wildman–Crippen LogP) is 3.06. The summed E-state index contributed by atoms with van der Waals surface area (Å²) in [6.07, 6.45) is -0.809. The van der Waals surface area contributed by atoms with Crippen molar-refractivity contribution in [1.82, 2.24) is 5.32 Å². The molecule has 1 fully saturated rings. The minimum absolute atomic E-state index is 0.0397. The first-order chi connectivity index (χ1) is 6.34. The summed E-state index contributed by atoms with van der Waals surface area (Å²) in [4.78, 5) is 0. The van der Waals surface area contributed by atoms with Crippen LogP contribution < -0.4 is 5.32 Å². The van der Waals surface area contributed by atoms with Crippen LogP contribution in [-0.2, 0) is 0 Å². The molecule has 1 aliphatic rings. The zero-order chi connectivity index (χ0) is 11.0. The highest BCUT2D eigenvalue weighted by Crippen LogP contribution is 2.49. The fraction of sp³-hybridized carbons (Fsp3) is 1.00. The van der Waals surface area contributed by atoms with Crippen molar-refractivity contribution in [1.29, 1.82) is 0 Å². The Morgan fingerprint density at radius 3 is 2.29 bits per heavy atom. The van der Waals surface area contributed by atoms with Gasteiger partial charge in [0.05, 0.1) is 5.54 Å². The van der Waals surface area contributed by atoms with E-state index in [1.165, 1.54) is 0 Å². The van der Waals surface area contributed by atoms with Crippen LogP contribution in [0.3, 0.4) is 0 Å². The van der Waals surface area contributed by atoms with Crippen LogP contribution in [0, 0.1) is 11.3 Å². The van der Waals surface area contributed by atoms with Crippen molar-refractivity contribution in [2.75, 3.05) is 6.54 Å². The summed E-state index contributed by atoms with van der Waals surface area (Å²) in [5.74, 6) is 0.0532. The number of halogens is 2. The van der Waals surface area contributed by atoms with Gasteiger partial charge in [-0.15, -0.1) is 0 Å². The van der Waals surface area contributed by atoms with Crippen molar-refractivity contribution in [2.24, 2.45) is 11.3 Å². The zero-order valence-electron chi connectivity index (χ0n) is 9.53. The minimum atomic E-state index is -2.26. The lowest BCUT2D eigenvalue weighted by atomic mass is 9.86. The third-order valence-electron chi connectivity index (χ3n) is 3.40. The molecular formula is C11H21F2N. The average Bonchev–Trinajstić information content (AvgIpc) is 2.23. The van der Waals surface area contributed by atoms with Gasteiger partial charge in [0.15, 0.2) is 0 Å². The molecule has 0 bridgehead atoms. The molecule has 84 valence electrons. The Bertz CT molecular complexity index is 203. The SMILES string of the molecule is CCNC1(C(F)F)CC(C)(C)CC1C. The summed E-state index contributed by atoms with van der Waals surface area (Å²) in [5.41, 5.74) is -0.906. The lowest BCUT2D eigenvalue weighted by molar-refractivity contribution is 0.00785. The first-order valence-electron chi connectivity index (χ1n) is 5.37. The molecule has 0 aliphatic heterocycles. The maximum Gasteiger partial charge on any atom is 0.256 e. The Kier molecular flexibility index (Phi) is 3.20. The molecule has 0 heterocycles. The van der Waals surface area contributed by atoms with E-state index in [0.29, 0.717) is 13.0 Å². The zero-order valence-corrected chi connectivity index (χ0v) is 9.53. The second kappa shape index (κ2) is 3.76. The molecule has 2 unspecified atom stereocenters. The van der Waals surface area contributed by atoms with Crippen LogP contribution in [0.5, 0.6) is 0 Å². The first kappa shape index (κ1) is 11.9. The monoisotopic (exact) mass is 205 g/mol. The summed E-state index contributed by atoms with van der Waals surface area (Å²) in [6, 6.07) is 0. The van der Waals surface area contributed by atoms with Crippen molar-refractivity contribution in [3.8, 4) is 0 Å². The molecule has 14 heavy (non-hydrogen) atoms. The highest BCUT2D eigenvalue weighted by atomic mass is 19.3. The molecule has 1 saturated carbocycles. The Morgan fingerprint density at radius 2 is 2.00 bits per heavy atom. The number of hydrogen-bond acceptors (Lipinski definition) is 1. The molecule has 1 nitrogen and oxygen atoms in total. The van der Waals surface area contributed by atoms with Crippen LogP contribution in [0.25, 0.3) is 0 Å². The van der Waals surface area contributed by atoms with E-state index in [-0.39, 0.29) is 11.3 Å². The molecule has 2 atom stereocenters. The molecule has 1 N–H and O–H groups in total. The highest BCUT2D eigenvalue weighted by molar-refractivity contribution is 5.05. The summed E-state index contributed by atoms with van der Waals surface area (Å²) < 4.78 is 26.2. The van der Waals surface area contributed by atoms with Crippen molar-refractivity contribution >= 4 is 0 Å². The van der Waals surface area contributed by atoms with Crippen LogP contribution in [0.4, 0.5) is 8.78 Å². The second-order valence-corrected chi connectivity index (χ2v) is 5.32. The van der Waals surface area contributed by atoms with E-state index in [0.717, 1.165) is 6.42 Å². The average molecular weight is 205 g/mol. The van der Waals surface area contributed by atoms with Gasteiger partial charge >= 0.3 is 0 Å². The fourth-order valence-corrected chi connectivity index (χ4v) is 2.98. The molecular weight excluding hydrogens is 184 g/mol. The number of nitrogens with one attached hydrogen (secondary N) is 1. The van der Waals surface area contributed by atoms with Gasteiger partial charge in [-0.1, -0.05) is 27.7 Å². The summed E-state index contributed by atoms with van der Waals surface area (Å²) in [7, 11) is 0. The van der Waals surface area contributed by atoms with Crippen LogP contribution in [0.2, 0.25) is 0 Å².